The van der Waals surface area contributed by atoms with Crippen molar-refractivity contribution in [2.75, 3.05) is 0 Å². The summed E-state index contributed by atoms with van der Waals surface area (Å²) in [7, 11) is 0. The van der Waals surface area contributed by atoms with Gasteiger partial charge in [-0.05, 0) is 42.7 Å². The second kappa shape index (κ2) is 5.84. The molecule has 1 aromatic heterocycles. The monoisotopic (exact) mass is 274 g/mol. The van der Waals surface area contributed by atoms with Gasteiger partial charge in [0.15, 0.2) is 5.16 Å². The van der Waals surface area contributed by atoms with Gasteiger partial charge < -0.3 is 5.11 Å². The second-order valence-corrected chi connectivity index (χ2v) is 5.22. The van der Waals surface area contributed by atoms with Crippen molar-refractivity contribution >= 4 is 17.7 Å². The quantitative estimate of drug-likeness (QED) is 0.685. The minimum absolute atomic E-state index is 0.317. The minimum Gasteiger partial charge on any atom is -0.478 e. The lowest BCUT2D eigenvalue weighted by Gasteiger charge is -2.06. The lowest BCUT2D eigenvalue weighted by molar-refractivity contribution is 0.0697. The van der Waals surface area contributed by atoms with E-state index in [4.69, 9.17) is 5.11 Å². The van der Waals surface area contributed by atoms with Crippen molar-refractivity contribution in [2.45, 2.75) is 24.8 Å². The molecule has 0 saturated heterocycles. The summed E-state index contributed by atoms with van der Waals surface area (Å²) in [5.41, 5.74) is 3.42. The van der Waals surface area contributed by atoms with Crippen LogP contribution in [0.25, 0.3) is 0 Å². The third kappa shape index (κ3) is 3.54. The van der Waals surface area contributed by atoms with Gasteiger partial charge in [0.25, 0.3) is 0 Å². The van der Waals surface area contributed by atoms with E-state index in [1.54, 1.807) is 36.3 Å². The zero-order valence-corrected chi connectivity index (χ0v) is 11.6. The first-order valence-electron chi connectivity index (χ1n) is 5.80. The fourth-order valence-electron chi connectivity index (χ4n) is 1.59. The molecular formula is C14H14N2O2S. The number of aromatic carboxylic acids is 1. The van der Waals surface area contributed by atoms with E-state index in [2.05, 4.69) is 9.97 Å². The molecule has 2 rings (SSSR count). The molecule has 1 aromatic carbocycles. The van der Waals surface area contributed by atoms with Gasteiger partial charge >= 0.3 is 5.97 Å². The fraction of sp³-hybridized carbons (Fsp3) is 0.214. The Bertz CT molecular complexity index is 597. The molecule has 0 amide bonds. The van der Waals surface area contributed by atoms with Gasteiger partial charge in [0.1, 0.15) is 0 Å². The molecule has 1 heterocycles. The van der Waals surface area contributed by atoms with Crippen molar-refractivity contribution in [3.63, 3.8) is 0 Å². The summed E-state index contributed by atoms with van der Waals surface area (Å²) in [6, 6.07) is 5.16. The van der Waals surface area contributed by atoms with Gasteiger partial charge in [-0.3, -0.25) is 0 Å². The van der Waals surface area contributed by atoms with Gasteiger partial charge in [0.2, 0.25) is 0 Å². The standard InChI is InChI=1S/C14H14N2O2S/c1-9-6-15-14(16-7-9)19-8-12-4-3-11(13(17)18)5-10(12)2/h3-7H,8H2,1-2H3,(H,17,18). The molecule has 0 atom stereocenters. The zero-order valence-electron chi connectivity index (χ0n) is 10.8. The summed E-state index contributed by atoms with van der Waals surface area (Å²) >= 11 is 1.54. The van der Waals surface area contributed by atoms with Crippen LogP contribution < -0.4 is 0 Å². The summed E-state index contributed by atoms with van der Waals surface area (Å²) in [6.07, 6.45) is 3.57. The molecule has 0 aliphatic rings. The van der Waals surface area contributed by atoms with Gasteiger partial charge in [-0.25, -0.2) is 14.8 Å². The number of aromatic nitrogens is 2. The Hall–Kier alpha value is -1.88. The molecule has 98 valence electrons. The molecule has 0 spiro atoms. The number of thioether (sulfide) groups is 1. The highest BCUT2D eigenvalue weighted by molar-refractivity contribution is 7.98. The number of hydrogen-bond acceptors (Lipinski definition) is 4. The number of carboxylic acid groups (broad SMARTS) is 1. The van der Waals surface area contributed by atoms with Crippen LogP contribution in [0.15, 0.2) is 35.7 Å². The minimum atomic E-state index is -0.899. The first kappa shape index (κ1) is 13.5. The van der Waals surface area contributed by atoms with Crippen LogP contribution in [0.2, 0.25) is 0 Å². The van der Waals surface area contributed by atoms with E-state index < -0.39 is 5.97 Å². The molecule has 0 radical (unpaired) electrons. The zero-order chi connectivity index (χ0) is 13.8. The molecule has 19 heavy (non-hydrogen) atoms. The first-order chi connectivity index (χ1) is 9.06. The van der Waals surface area contributed by atoms with Crippen LogP contribution in [0.5, 0.6) is 0 Å². The molecule has 0 aliphatic carbocycles. The largest absolute Gasteiger partial charge is 0.478 e. The third-order valence-electron chi connectivity index (χ3n) is 2.70. The third-order valence-corrected chi connectivity index (χ3v) is 3.63. The lowest BCUT2D eigenvalue weighted by Crippen LogP contribution is -1.98. The highest BCUT2D eigenvalue weighted by atomic mass is 32.2. The van der Waals surface area contributed by atoms with Crippen molar-refractivity contribution in [3.05, 3.63) is 52.8 Å². The van der Waals surface area contributed by atoms with E-state index in [9.17, 15) is 4.79 Å². The molecule has 0 bridgehead atoms. The maximum absolute atomic E-state index is 10.9. The van der Waals surface area contributed by atoms with Crippen LogP contribution in [0.3, 0.4) is 0 Å². The fourth-order valence-corrected chi connectivity index (χ4v) is 2.45. The number of rotatable bonds is 4. The van der Waals surface area contributed by atoms with Gasteiger partial charge in [-0.15, -0.1) is 0 Å². The Balaban J connectivity index is 2.07. The Morgan fingerprint density at radius 2 is 1.95 bits per heavy atom. The summed E-state index contributed by atoms with van der Waals surface area (Å²) in [5.74, 6) is -0.168. The molecule has 2 aromatic rings. The Morgan fingerprint density at radius 1 is 1.26 bits per heavy atom. The Labute approximate surface area is 115 Å². The number of carboxylic acids is 1. The predicted molar refractivity (Wildman–Crippen MR) is 74.5 cm³/mol. The molecule has 0 aliphatic heterocycles. The van der Waals surface area contributed by atoms with Gasteiger partial charge in [-0.2, -0.15) is 0 Å². The molecule has 4 nitrogen and oxygen atoms in total. The van der Waals surface area contributed by atoms with Crippen molar-refractivity contribution in [2.24, 2.45) is 0 Å². The SMILES string of the molecule is Cc1cnc(SCc2ccc(C(=O)O)cc2C)nc1. The number of carbonyl (C=O) groups is 1. The first-order valence-corrected chi connectivity index (χ1v) is 6.79. The van der Waals surface area contributed by atoms with Crippen molar-refractivity contribution < 1.29 is 9.90 Å². The predicted octanol–water partition coefficient (Wildman–Crippen LogP) is 3.08. The topological polar surface area (TPSA) is 63.1 Å². The van der Waals surface area contributed by atoms with E-state index in [1.807, 2.05) is 19.9 Å². The van der Waals surface area contributed by atoms with E-state index in [0.717, 1.165) is 27.6 Å². The molecule has 0 fully saturated rings. The van der Waals surface area contributed by atoms with E-state index in [-0.39, 0.29) is 0 Å². The van der Waals surface area contributed by atoms with E-state index in [0.29, 0.717) is 5.56 Å². The number of nitrogens with zero attached hydrogens (tertiary/aromatic N) is 2. The maximum Gasteiger partial charge on any atom is 0.335 e. The Kier molecular flexibility index (Phi) is 4.16. The van der Waals surface area contributed by atoms with Crippen molar-refractivity contribution in [3.8, 4) is 0 Å². The van der Waals surface area contributed by atoms with Gasteiger partial charge in [0, 0.05) is 18.1 Å². The molecule has 5 heteroatoms. The van der Waals surface area contributed by atoms with Crippen molar-refractivity contribution in [1.29, 1.82) is 0 Å². The smallest absolute Gasteiger partial charge is 0.335 e. The van der Waals surface area contributed by atoms with E-state index in [1.165, 1.54) is 0 Å². The van der Waals surface area contributed by atoms with Gasteiger partial charge in [-0.1, -0.05) is 17.8 Å². The highest BCUT2D eigenvalue weighted by Gasteiger charge is 2.06. The molecule has 0 unspecified atom stereocenters. The molecule has 0 saturated carbocycles. The maximum atomic E-state index is 10.9. The van der Waals surface area contributed by atoms with Crippen LogP contribution >= 0.6 is 11.8 Å². The summed E-state index contributed by atoms with van der Waals surface area (Å²) < 4.78 is 0. The van der Waals surface area contributed by atoms with Crippen LogP contribution in [-0.2, 0) is 5.75 Å². The average Bonchev–Trinajstić information content (AvgIpc) is 2.39. The Morgan fingerprint density at radius 3 is 2.53 bits per heavy atom. The summed E-state index contributed by atoms with van der Waals surface area (Å²) in [4.78, 5) is 19.3. The number of benzene rings is 1. The van der Waals surface area contributed by atoms with Gasteiger partial charge in [0.05, 0.1) is 5.56 Å². The number of aryl methyl sites for hydroxylation is 2. The second-order valence-electron chi connectivity index (χ2n) is 4.28. The molecule has 1 N–H and O–H groups in total. The lowest BCUT2D eigenvalue weighted by atomic mass is 10.1. The normalized spacial score (nSPS) is 10.4. The van der Waals surface area contributed by atoms with Crippen molar-refractivity contribution in [1.82, 2.24) is 9.97 Å². The summed E-state index contributed by atoms with van der Waals surface area (Å²) in [5, 5.41) is 9.64. The highest BCUT2D eigenvalue weighted by Crippen LogP contribution is 2.22. The number of hydrogen-bond donors (Lipinski definition) is 1. The van der Waals surface area contributed by atoms with Crippen LogP contribution in [-0.4, -0.2) is 21.0 Å². The average molecular weight is 274 g/mol. The molecular weight excluding hydrogens is 260 g/mol. The summed E-state index contributed by atoms with van der Waals surface area (Å²) in [6.45, 7) is 3.86. The van der Waals surface area contributed by atoms with Crippen LogP contribution in [0, 0.1) is 13.8 Å². The van der Waals surface area contributed by atoms with Crippen LogP contribution in [0.4, 0.5) is 0 Å². The van der Waals surface area contributed by atoms with E-state index >= 15 is 0 Å². The van der Waals surface area contributed by atoms with Crippen LogP contribution in [0.1, 0.15) is 27.0 Å².